The summed E-state index contributed by atoms with van der Waals surface area (Å²) in [5.41, 5.74) is -0.00882. The van der Waals surface area contributed by atoms with Gasteiger partial charge in [0, 0.05) is 5.69 Å². The summed E-state index contributed by atoms with van der Waals surface area (Å²) < 4.78 is 5.26. The van der Waals surface area contributed by atoms with Crippen LogP contribution in [0.1, 0.15) is 54.9 Å². The van der Waals surface area contributed by atoms with E-state index in [0.717, 1.165) is 0 Å². The highest BCUT2D eigenvalue weighted by atomic mass is 16.6. The molecule has 0 saturated heterocycles. The smallest absolute Gasteiger partial charge is 0.408 e. The maximum absolute atomic E-state index is 12.9. The van der Waals surface area contributed by atoms with Crippen LogP contribution in [0, 0.1) is 11.8 Å². The zero-order chi connectivity index (χ0) is 22.2. The van der Waals surface area contributed by atoms with Crippen molar-refractivity contribution in [2.45, 2.75) is 72.6 Å². The van der Waals surface area contributed by atoms with E-state index in [1.54, 1.807) is 32.9 Å². The number of carbonyl (C=O) groups excluding carboxylic acids is 3. The van der Waals surface area contributed by atoms with Crippen molar-refractivity contribution < 1.29 is 19.1 Å². The molecule has 3 N–H and O–H groups in total. The number of alkyl carbamates (subject to hydrolysis) is 1. The molecule has 0 fully saturated rings. The van der Waals surface area contributed by atoms with Crippen LogP contribution in [0.2, 0.25) is 0 Å². The number of amides is 3. The Kier molecular flexibility index (Phi) is 9.14. The molecule has 1 aromatic carbocycles. The third-order valence-corrected chi connectivity index (χ3v) is 4.00. The van der Waals surface area contributed by atoms with E-state index < -0.39 is 29.7 Å². The fourth-order valence-corrected chi connectivity index (χ4v) is 2.68. The minimum atomic E-state index is -0.816. The molecule has 0 radical (unpaired) electrons. The van der Waals surface area contributed by atoms with Gasteiger partial charge >= 0.3 is 6.09 Å². The Hall–Kier alpha value is -2.57. The number of benzene rings is 1. The van der Waals surface area contributed by atoms with Gasteiger partial charge in [-0.25, -0.2) is 4.79 Å². The summed E-state index contributed by atoms with van der Waals surface area (Å²) in [7, 11) is 0. The lowest BCUT2D eigenvalue weighted by molar-refractivity contribution is -0.129. The number of hydrogen-bond acceptors (Lipinski definition) is 4. The zero-order valence-electron chi connectivity index (χ0n) is 18.5. The van der Waals surface area contributed by atoms with Crippen LogP contribution in [-0.4, -0.2) is 35.6 Å². The predicted molar refractivity (Wildman–Crippen MR) is 114 cm³/mol. The molecule has 0 unspecified atom stereocenters. The van der Waals surface area contributed by atoms with Gasteiger partial charge in [0.15, 0.2) is 0 Å². The largest absolute Gasteiger partial charge is 0.444 e. The van der Waals surface area contributed by atoms with Gasteiger partial charge in [-0.1, -0.05) is 45.9 Å². The van der Waals surface area contributed by atoms with Gasteiger partial charge in [-0.15, -0.1) is 0 Å². The highest BCUT2D eigenvalue weighted by Crippen LogP contribution is 2.12. The summed E-state index contributed by atoms with van der Waals surface area (Å²) in [5.74, 6) is -0.699. The van der Waals surface area contributed by atoms with Crippen molar-refractivity contribution in [1.29, 1.82) is 0 Å². The van der Waals surface area contributed by atoms with E-state index in [2.05, 4.69) is 16.0 Å². The van der Waals surface area contributed by atoms with Gasteiger partial charge in [0.25, 0.3) is 0 Å². The van der Waals surface area contributed by atoms with E-state index in [0.29, 0.717) is 12.1 Å². The first-order chi connectivity index (χ1) is 13.4. The number of nitrogens with one attached hydrogen (secondary N) is 3. The van der Waals surface area contributed by atoms with Crippen LogP contribution < -0.4 is 16.0 Å². The summed E-state index contributed by atoms with van der Waals surface area (Å²) in [6.45, 7) is 12.9. The summed E-state index contributed by atoms with van der Waals surface area (Å²) in [5, 5.41) is 8.24. The van der Waals surface area contributed by atoms with Crippen LogP contribution in [0.4, 0.5) is 10.5 Å². The molecule has 0 aromatic heterocycles. The summed E-state index contributed by atoms with van der Waals surface area (Å²) in [4.78, 5) is 37.7. The Morgan fingerprint density at radius 1 is 0.931 bits per heavy atom. The molecular weight excluding hydrogens is 370 g/mol. The Bertz CT molecular complexity index is 681. The zero-order valence-corrected chi connectivity index (χ0v) is 18.5. The molecule has 162 valence electrons. The van der Waals surface area contributed by atoms with Crippen molar-refractivity contribution in [1.82, 2.24) is 10.6 Å². The average Bonchev–Trinajstić information content (AvgIpc) is 2.57. The van der Waals surface area contributed by atoms with Crippen molar-refractivity contribution in [2.75, 3.05) is 5.32 Å². The number of carbonyl (C=O) groups is 3. The van der Waals surface area contributed by atoms with Gasteiger partial charge in [0.05, 0.1) is 0 Å². The molecule has 0 aliphatic heterocycles. The monoisotopic (exact) mass is 405 g/mol. The van der Waals surface area contributed by atoms with E-state index in [1.807, 2.05) is 45.9 Å². The fourth-order valence-electron chi connectivity index (χ4n) is 2.68. The molecule has 0 saturated carbocycles. The highest BCUT2D eigenvalue weighted by molar-refractivity contribution is 5.98. The quantitative estimate of drug-likeness (QED) is 0.614. The molecule has 0 aliphatic carbocycles. The summed E-state index contributed by atoms with van der Waals surface area (Å²) in [6, 6.07) is 7.54. The van der Waals surface area contributed by atoms with Crippen molar-refractivity contribution in [3.05, 3.63) is 30.3 Å². The van der Waals surface area contributed by atoms with Gasteiger partial charge in [0.2, 0.25) is 11.8 Å². The maximum atomic E-state index is 12.9. The Balaban J connectivity index is 2.87. The summed E-state index contributed by atoms with van der Waals surface area (Å²) in [6.07, 6.45) is -0.192. The Morgan fingerprint density at radius 3 is 2.00 bits per heavy atom. The number of para-hydroxylation sites is 1. The van der Waals surface area contributed by atoms with Crippen molar-refractivity contribution in [3.8, 4) is 0 Å². The first-order valence-corrected chi connectivity index (χ1v) is 10.0. The maximum Gasteiger partial charge on any atom is 0.408 e. The lowest BCUT2D eigenvalue weighted by Crippen LogP contribution is -2.55. The second-order valence-electron chi connectivity index (χ2n) is 8.91. The lowest BCUT2D eigenvalue weighted by Gasteiger charge is -2.27. The number of ether oxygens (including phenoxy) is 1. The second-order valence-corrected chi connectivity index (χ2v) is 8.91. The van der Waals surface area contributed by atoms with Gasteiger partial charge in [0.1, 0.15) is 17.7 Å². The van der Waals surface area contributed by atoms with Crippen molar-refractivity contribution in [3.63, 3.8) is 0 Å². The molecule has 1 aromatic rings. The molecule has 3 amide bonds. The molecule has 0 bridgehead atoms. The van der Waals surface area contributed by atoms with E-state index in [9.17, 15) is 14.4 Å². The molecule has 7 nitrogen and oxygen atoms in total. The van der Waals surface area contributed by atoms with E-state index in [1.165, 1.54) is 0 Å². The first-order valence-electron chi connectivity index (χ1n) is 10.0. The normalized spacial score (nSPS) is 13.6. The predicted octanol–water partition coefficient (Wildman–Crippen LogP) is 3.71. The number of rotatable bonds is 8. The van der Waals surface area contributed by atoms with Crippen LogP contribution in [0.5, 0.6) is 0 Å². The number of hydrogen-bond donors (Lipinski definition) is 3. The van der Waals surface area contributed by atoms with Crippen LogP contribution in [0.15, 0.2) is 30.3 Å². The molecule has 29 heavy (non-hydrogen) atoms. The second kappa shape index (κ2) is 10.8. The van der Waals surface area contributed by atoms with Crippen LogP contribution >= 0.6 is 0 Å². The third kappa shape index (κ3) is 9.45. The average molecular weight is 406 g/mol. The van der Waals surface area contributed by atoms with E-state index in [4.69, 9.17) is 4.74 Å². The molecular formula is C22H35N3O4. The Morgan fingerprint density at radius 2 is 1.52 bits per heavy atom. The van der Waals surface area contributed by atoms with Gasteiger partial charge in [-0.05, 0) is 51.2 Å². The minimum Gasteiger partial charge on any atom is -0.444 e. The Labute approximate surface area is 174 Å². The molecule has 0 aliphatic rings. The van der Waals surface area contributed by atoms with Crippen molar-refractivity contribution >= 4 is 23.6 Å². The third-order valence-electron chi connectivity index (χ3n) is 4.00. The van der Waals surface area contributed by atoms with Gasteiger partial charge < -0.3 is 20.7 Å². The standard InChI is InChI=1S/C22H35N3O4/c1-14(2)13-17(19(26)23-16-11-9-8-10-12-16)24-20(27)18(15(3)4)25-21(28)29-22(5,6)7/h8-12,14-15,17-18H,13H2,1-7H3,(H,23,26)(H,24,27)(H,25,28)/t17-,18-/m0/s1. The molecule has 7 heteroatoms. The van der Waals surface area contributed by atoms with Gasteiger partial charge in [-0.3, -0.25) is 9.59 Å². The first kappa shape index (κ1) is 24.5. The fraction of sp³-hybridized carbons (Fsp3) is 0.591. The highest BCUT2D eigenvalue weighted by Gasteiger charge is 2.30. The van der Waals surface area contributed by atoms with Crippen molar-refractivity contribution in [2.24, 2.45) is 11.8 Å². The minimum absolute atomic E-state index is 0.181. The lowest BCUT2D eigenvalue weighted by atomic mass is 10.00. The topological polar surface area (TPSA) is 96.5 Å². The van der Waals surface area contributed by atoms with Crippen LogP contribution in [-0.2, 0) is 14.3 Å². The van der Waals surface area contributed by atoms with E-state index >= 15 is 0 Å². The SMILES string of the molecule is CC(C)C[C@H](NC(=O)[C@@H](NC(=O)OC(C)(C)C)C(C)C)C(=O)Nc1ccccc1. The van der Waals surface area contributed by atoms with Gasteiger partial charge in [-0.2, -0.15) is 0 Å². The molecule has 0 heterocycles. The number of anilines is 1. The molecule has 2 atom stereocenters. The molecule has 1 rings (SSSR count). The van der Waals surface area contributed by atoms with Crippen LogP contribution in [0.3, 0.4) is 0 Å². The molecule has 0 spiro atoms. The summed E-state index contributed by atoms with van der Waals surface area (Å²) >= 11 is 0. The van der Waals surface area contributed by atoms with Crippen LogP contribution in [0.25, 0.3) is 0 Å². The van der Waals surface area contributed by atoms with E-state index in [-0.39, 0.29) is 17.7 Å².